The Balaban J connectivity index is 2.26. The molecule has 0 unspecified atom stereocenters. The number of carboxylic acid groups (broad SMARTS) is 1. The summed E-state index contributed by atoms with van der Waals surface area (Å²) >= 11 is 0. The van der Waals surface area contributed by atoms with Crippen LogP contribution in [0.15, 0.2) is 30.6 Å². The highest BCUT2D eigenvalue weighted by Crippen LogP contribution is 2.24. The minimum atomic E-state index is -0.960. The molecule has 2 aromatic rings. The van der Waals surface area contributed by atoms with Crippen LogP contribution in [0.1, 0.15) is 28.5 Å². The Morgan fingerprint density at radius 1 is 1.26 bits per heavy atom. The van der Waals surface area contributed by atoms with Crippen molar-refractivity contribution in [1.29, 1.82) is 0 Å². The molecule has 0 saturated heterocycles. The predicted octanol–water partition coefficient (Wildman–Crippen LogP) is 2.84. The second-order valence-corrected chi connectivity index (χ2v) is 4.03. The van der Waals surface area contributed by atoms with E-state index in [-0.39, 0.29) is 5.56 Å². The summed E-state index contributed by atoms with van der Waals surface area (Å²) in [6, 6.07) is 6.22. The molecule has 0 spiro atoms. The molecule has 0 aliphatic carbocycles. The Kier molecular flexibility index (Phi) is 3.75. The highest BCUT2D eigenvalue weighted by Gasteiger charge is 2.09. The maximum absolute atomic E-state index is 10.8. The van der Waals surface area contributed by atoms with Gasteiger partial charge in [-0.3, -0.25) is 0 Å². The Bertz CT molecular complexity index is 594. The number of carboxylic acids is 1. The molecule has 0 radical (unpaired) electrons. The Morgan fingerprint density at radius 2 is 1.95 bits per heavy atom. The van der Waals surface area contributed by atoms with Crippen LogP contribution in [0.5, 0.6) is 11.6 Å². The quantitative estimate of drug-likeness (QED) is 0.912. The lowest BCUT2D eigenvalue weighted by Gasteiger charge is -2.10. The molecule has 1 heterocycles. The second-order valence-electron chi connectivity index (χ2n) is 4.03. The zero-order valence-corrected chi connectivity index (χ0v) is 10.8. The summed E-state index contributed by atoms with van der Waals surface area (Å²) in [7, 11) is 0. The molecule has 0 bridgehead atoms. The van der Waals surface area contributed by atoms with Crippen LogP contribution in [0, 0.1) is 6.92 Å². The number of hydrogen-bond acceptors (Lipinski definition) is 4. The SMILES string of the molecule is CCc1c(C)ncnc1Oc1ccc(C(=O)O)cc1. The first-order valence-electron chi connectivity index (χ1n) is 5.93. The molecule has 0 amide bonds. The van der Waals surface area contributed by atoms with E-state index in [0.717, 1.165) is 17.7 Å². The molecule has 0 saturated carbocycles. The number of aromatic nitrogens is 2. The van der Waals surface area contributed by atoms with Gasteiger partial charge in [0.2, 0.25) is 5.88 Å². The predicted molar refractivity (Wildman–Crippen MR) is 69.6 cm³/mol. The molecule has 98 valence electrons. The fourth-order valence-electron chi connectivity index (χ4n) is 1.75. The molecule has 1 aromatic heterocycles. The zero-order valence-electron chi connectivity index (χ0n) is 10.8. The lowest BCUT2D eigenvalue weighted by molar-refractivity contribution is 0.0697. The van der Waals surface area contributed by atoms with Crippen LogP contribution in [0.3, 0.4) is 0 Å². The van der Waals surface area contributed by atoms with E-state index in [9.17, 15) is 4.79 Å². The van der Waals surface area contributed by atoms with E-state index in [4.69, 9.17) is 9.84 Å². The first-order chi connectivity index (χ1) is 9.11. The van der Waals surface area contributed by atoms with E-state index in [0.29, 0.717) is 11.6 Å². The molecule has 2 rings (SSSR count). The minimum absolute atomic E-state index is 0.224. The van der Waals surface area contributed by atoms with Crippen molar-refractivity contribution >= 4 is 5.97 Å². The van der Waals surface area contributed by atoms with Gasteiger partial charge >= 0.3 is 5.97 Å². The molecular weight excluding hydrogens is 244 g/mol. The van der Waals surface area contributed by atoms with Gasteiger partial charge in [0.05, 0.1) is 5.56 Å². The van der Waals surface area contributed by atoms with Crippen molar-refractivity contribution in [3.8, 4) is 11.6 Å². The lowest BCUT2D eigenvalue weighted by Crippen LogP contribution is -1.99. The zero-order chi connectivity index (χ0) is 13.8. The fourth-order valence-corrected chi connectivity index (χ4v) is 1.75. The Hall–Kier alpha value is -2.43. The summed E-state index contributed by atoms with van der Waals surface area (Å²) in [6.07, 6.45) is 2.23. The van der Waals surface area contributed by atoms with Gasteiger partial charge in [-0.2, -0.15) is 0 Å². The van der Waals surface area contributed by atoms with Gasteiger partial charge in [-0.05, 0) is 37.6 Å². The van der Waals surface area contributed by atoms with Gasteiger partial charge in [0.1, 0.15) is 12.1 Å². The van der Waals surface area contributed by atoms with Crippen LogP contribution in [-0.2, 0) is 6.42 Å². The summed E-state index contributed by atoms with van der Waals surface area (Å²) in [6.45, 7) is 3.91. The van der Waals surface area contributed by atoms with Crippen LogP contribution in [0.2, 0.25) is 0 Å². The lowest BCUT2D eigenvalue weighted by atomic mass is 10.2. The molecular formula is C14H14N2O3. The van der Waals surface area contributed by atoms with Gasteiger partial charge in [0, 0.05) is 11.3 Å². The molecule has 0 fully saturated rings. The van der Waals surface area contributed by atoms with Gasteiger partial charge in [-0.25, -0.2) is 14.8 Å². The average Bonchev–Trinajstić information content (AvgIpc) is 2.39. The maximum atomic E-state index is 10.8. The van der Waals surface area contributed by atoms with E-state index in [1.54, 1.807) is 12.1 Å². The average molecular weight is 258 g/mol. The number of ether oxygens (including phenoxy) is 1. The van der Waals surface area contributed by atoms with Crippen LogP contribution >= 0.6 is 0 Å². The molecule has 0 atom stereocenters. The summed E-state index contributed by atoms with van der Waals surface area (Å²) in [4.78, 5) is 19.0. The highest BCUT2D eigenvalue weighted by molar-refractivity contribution is 5.87. The number of aryl methyl sites for hydroxylation is 1. The standard InChI is InChI=1S/C14H14N2O3/c1-3-12-9(2)15-8-16-13(12)19-11-6-4-10(5-7-11)14(17)18/h4-8H,3H2,1-2H3,(H,17,18). The van der Waals surface area contributed by atoms with Gasteiger partial charge < -0.3 is 9.84 Å². The van der Waals surface area contributed by atoms with Gasteiger partial charge in [-0.15, -0.1) is 0 Å². The number of benzene rings is 1. The topological polar surface area (TPSA) is 72.3 Å². The number of nitrogens with zero attached hydrogens (tertiary/aromatic N) is 2. The van der Waals surface area contributed by atoms with Crippen LogP contribution in [0.25, 0.3) is 0 Å². The number of aromatic carboxylic acids is 1. The second kappa shape index (κ2) is 5.48. The molecule has 0 aliphatic rings. The normalized spacial score (nSPS) is 10.2. The summed E-state index contributed by atoms with van der Waals surface area (Å²) < 4.78 is 5.67. The number of rotatable bonds is 4. The molecule has 5 nitrogen and oxygen atoms in total. The Morgan fingerprint density at radius 3 is 2.53 bits per heavy atom. The molecule has 1 N–H and O–H groups in total. The third-order valence-electron chi connectivity index (χ3n) is 2.79. The van der Waals surface area contributed by atoms with Gasteiger partial charge in [0.15, 0.2) is 0 Å². The third-order valence-corrected chi connectivity index (χ3v) is 2.79. The van der Waals surface area contributed by atoms with Crippen molar-refractivity contribution in [2.24, 2.45) is 0 Å². The van der Waals surface area contributed by atoms with Crippen molar-refractivity contribution in [3.63, 3.8) is 0 Å². The van der Waals surface area contributed by atoms with Crippen molar-refractivity contribution in [1.82, 2.24) is 9.97 Å². The summed E-state index contributed by atoms with van der Waals surface area (Å²) in [5.41, 5.74) is 2.06. The highest BCUT2D eigenvalue weighted by atomic mass is 16.5. The van der Waals surface area contributed by atoms with E-state index < -0.39 is 5.97 Å². The fraction of sp³-hybridized carbons (Fsp3) is 0.214. The van der Waals surface area contributed by atoms with Crippen LogP contribution < -0.4 is 4.74 Å². The van der Waals surface area contributed by atoms with Crippen molar-refractivity contribution in [2.45, 2.75) is 20.3 Å². The van der Waals surface area contributed by atoms with Crippen LogP contribution in [0.4, 0.5) is 0 Å². The maximum Gasteiger partial charge on any atom is 0.335 e. The van der Waals surface area contributed by atoms with Gasteiger partial charge in [0.25, 0.3) is 0 Å². The minimum Gasteiger partial charge on any atom is -0.478 e. The van der Waals surface area contributed by atoms with E-state index in [1.807, 2.05) is 13.8 Å². The molecule has 0 aliphatic heterocycles. The number of hydrogen-bond donors (Lipinski definition) is 1. The first-order valence-corrected chi connectivity index (χ1v) is 5.93. The monoisotopic (exact) mass is 258 g/mol. The van der Waals surface area contributed by atoms with Crippen molar-refractivity contribution in [3.05, 3.63) is 47.4 Å². The molecule has 5 heteroatoms. The molecule has 19 heavy (non-hydrogen) atoms. The smallest absolute Gasteiger partial charge is 0.335 e. The Labute approximate surface area is 110 Å². The third kappa shape index (κ3) is 2.88. The summed E-state index contributed by atoms with van der Waals surface area (Å²) in [5, 5.41) is 8.82. The first kappa shape index (κ1) is 13.0. The largest absolute Gasteiger partial charge is 0.478 e. The number of carbonyl (C=O) groups is 1. The van der Waals surface area contributed by atoms with Crippen molar-refractivity contribution in [2.75, 3.05) is 0 Å². The molecule has 1 aromatic carbocycles. The van der Waals surface area contributed by atoms with Crippen molar-refractivity contribution < 1.29 is 14.6 Å². The van der Waals surface area contributed by atoms with E-state index in [1.165, 1.54) is 18.5 Å². The van der Waals surface area contributed by atoms with E-state index >= 15 is 0 Å². The van der Waals surface area contributed by atoms with Crippen LogP contribution in [-0.4, -0.2) is 21.0 Å². The van der Waals surface area contributed by atoms with E-state index in [2.05, 4.69) is 9.97 Å². The summed E-state index contributed by atoms with van der Waals surface area (Å²) in [5.74, 6) is 0.106. The van der Waals surface area contributed by atoms with Gasteiger partial charge in [-0.1, -0.05) is 6.92 Å².